The molecule has 4 nitrogen and oxygen atoms in total. The number of nitrogens with one attached hydrogen (secondary N) is 1. The summed E-state index contributed by atoms with van der Waals surface area (Å²) in [5, 5.41) is 6.54. The van der Waals surface area contributed by atoms with Crippen LogP contribution in [0.5, 0.6) is 0 Å². The van der Waals surface area contributed by atoms with Gasteiger partial charge in [0.2, 0.25) is 0 Å². The average molecular weight is 483 g/mol. The highest BCUT2D eigenvalue weighted by Gasteiger charge is 2.11. The van der Waals surface area contributed by atoms with Gasteiger partial charge in [0.05, 0.1) is 12.4 Å². The summed E-state index contributed by atoms with van der Waals surface area (Å²) in [6.45, 7) is 20.0. The lowest BCUT2D eigenvalue weighted by Gasteiger charge is -2.29. The minimum atomic E-state index is 0.459. The van der Waals surface area contributed by atoms with E-state index in [0.29, 0.717) is 12.6 Å². The molecule has 2 rings (SSSR count). The zero-order valence-corrected chi connectivity index (χ0v) is 22.6. The number of aliphatic imine (C=N–C) groups is 2. The van der Waals surface area contributed by atoms with Crippen molar-refractivity contribution in [2.24, 2.45) is 15.9 Å². The van der Waals surface area contributed by atoms with Gasteiger partial charge in [0, 0.05) is 53.9 Å². The van der Waals surface area contributed by atoms with Crippen molar-refractivity contribution in [3.63, 3.8) is 0 Å². The van der Waals surface area contributed by atoms with E-state index >= 15 is 0 Å². The summed E-state index contributed by atoms with van der Waals surface area (Å²) < 4.78 is 0. The summed E-state index contributed by atoms with van der Waals surface area (Å²) in [6.07, 6.45) is 8.30. The van der Waals surface area contributed by atoms with E-state index in [9.17, 15) is 0 Å². The molecule has 1 aromatic rings. The fourth-order valence-corrected chi connectivity index (χ4v) is 4.85. The highest BCUT2D eigenvalue weighted by molar-refractivity contribution is 7.99. The Labute approximate surface area is 206 Å². The molecule has 1 atom stereocenters. The van der Waals surface area contributed by atoms with E-state index in [1.165, 1.54) is 28.0 Å². The number of rotatable bonds is 10. The molecule has 1 aromatic carbocycles. The normalized spacial score (nSPS) is 17.2. The Kier molecular flexibility index (Phi) is 11.9. The van der Waals surface area contributed by atoms with Crippen LogP contribution in [0.1, 0.15) is 33.3 Å². The van der Waals surface area contributed by atoms with Crippen LogP contribution >= 0.6 is 21.0 Å². The highest BCUT2D eigenvalue weighted by atomic mass is 32.2. The number of benzene rings is 1. The van der Waals surface area contributed by atoms with Gasteiger partial charge in [0.1, 0.15) is 0 Å². The van der Waals surface area contributed by atoms with Crippen molar-refractivity contribution in [2.45, 2.75) is 27.7 Å². The first-order valence-corrected chi connectivity index (χ1v) is 13.2. The van der Waals surface area contributed by atoms with E-state index in [0.717, 1.165) is 41.4 Å². The molecule has 1 N–H and O–H groups in total. The molecule has 1 aliphatic heterocycles. The van der Waals surface area contributed by atoms with E-state index < -0.39 is 0 Å². The van der Waals surface area contributed by atoms with Crippen LogP contribution in [-0.2, 0) is 0 Å². The second kappa shape index (κ2) is 14.3. The van der Waals surface area contributed by atoms with Crippen molar-refractivity contribution >= 4 is 45.6 Å². The molecule has 0 bridgehead atoms. The van der Waals surface area contributed by atoms with Gasteiger partial charge >= 0.3 is 0 Å². The van der Waals surface area contributed by atoms with Gasteiger partial charge in [-0.25, -0.2) is 0 Å². The largest absolute Gasteiger partial charge is 0.370 e. The maximum Gasteiger partial charge on any atom is 0.0894 e. The first kappa shape index (κ1) is 27.3. The Bertz CT molecular complexity index is 1030. The van der Waals surface area contributed by atoms with E-state index in [1.807, 2.05) is 11.8 Å². The molecule has 1 aliphatic rings. The summed E-state index contributed by atoms with van der Waals surface area (Å²) in [5.74, 6) is 2.87. The van der Waals surface area contributed by atoms with Crippen LogP contribution in [0.4, 0.5) is 0 Å². The lowest BCUT2D eigenvalue weighted by Crippen LogP contribution is -2.31. The molecule has 0 amide bonds. The fraction of sp³-hybridized carbons (Fsp3) is 0.407. The molecule has 1 heterocycles. The topological polar surface area (TPSA) is 40.0 Å². The molecule has 0 spiro atoms. The molecule has 33 heavy (non-hydrogen) atoms. The first-order chi connectivity index (χ1) is 15.9. The summed E-state index contributed by atoms with van der Waals surface area (Å²) in [6, 6.07) is 6.33. The molecule has 0 aliphatic carbocycles. The molecule has 0 radical (unpaired) electrons. The number of nitrogens with zero attached hydrogens (tertiary/aromatic N) is 3. The second-order valence-electron chi connectivity index (χ2n) is 8.31. The zero-order valence-electron chi connectivity index (χ0n) is 20.6. The molecule has 1 fully saturated rings. The molecular weight excluding hydrogens is 443 g/mol. The molecule has 0 saturated carbocycles. The summed E-state index contributed by atoms with van der Waals surface area (Å²) in [5.41, 5.74) is 4.57. The monoisotopic (exact) mass is 482 g/mol. The molecule has 178 valence electrons. The van der Waals surface area contributed by atoms with E-state index in [4.69, 9.17) is 4.99 Å². The standard InChI is InChI=1S/C27H39N4PS/c1-7-24(31-13-15-33-16-14-31)9-8-12-29-19-30-27(26(32)18-28-6)23-11-10-21(4)25(17-23)22(5)20(2)3/h7-11,17-18,20,29H,4,6,12-16,19,32H2,1-3,5H3/b9-8-,24-7+,25-22+,26-18+,30-27?. The summed E-state index contributed by atoms with van der Waals surface area (Å²) in [4.78, 5) is 11.2. The van der Waals surface area contributed by atoms with Gasteiger partial charge in [-0.15, -0.1) is 9.24 Å². The van der Waals surface area contributed by atoms with Crippen molar-refractivity contribution in [1.29, 1.82) is 0 Å². The maximum absolute atomic E-state index is 4.85. The number of hydrogen-bond acceptors (Lipinski definition) is 5. The fourth-order valence-electron chi connectivity index (χ4n) is 3.58. The molecule has 6 heteroatoms. The minimum Gasteiger partial charge on any atom is -0.370 e. The van der Waals surface area contributed by atoms with Gasteiger partial charge in [-0.1, -0.05) is 50.3 Å². The highest BCUT2D eigenvalue weighted by Crippen LogP contribution is 2.16. The lowest BCUT2D eigenvalue weighted by molar-refractivity contribution is 0.392. The SMILES string of the molecule is C=N/C=C(/P)C(=NCNC/C=C\C(=C/C)N1CCSCC1)c1ccc(=C)/c(=C(\C)C(C)C)c1. The second-order valence-corrected chi connectivity index (χ2v) is 10.2. The Hall–Kier alpha value is -1.94. The third-order valence-electron chi connectivity index (χ3n) is 5.75. The predicted octanol–water partition coefficient (Wildman–Crippen LogP) is 4.19. The number of hydrogen-bond donors (Lipinski definition) is 1. The predicted molar refractivity (Wildman–Crippen MR) is 154 cm³/mol. The van der Waals surface area contributed by atoms with E-state index in [1.54, 1.807) is 6.20 Å². The Morgan fingerprint density at radius 2 is 2.03 bits per heavy atom. The van der Waals surface area contributed by atoms with Crippen molar-refractivity contribution in [1.82, 2.24) is 10.2 Å². The van der Waals surface area contributed by atoms with Crippen LogP contribution < -0.4 is 15.8 Å². The van der Waals surface area contributed by atoms with Gasteiger partial charge in [-0.3, -0.25) is 15.3 Å². The molecular formula is C27H39N4PS. The van der Waals surface area contributed by atoms with Crippen LogP contribution in [0, 0.1) is 5.92 Å². The van der Waals surface area contributed by atoms with Crippen molar-refractivity contribution in [3.05, 3.63) is 69.6 Å². The molecule has 0 aromatic heterocycles. The Morgan fingerprint density at radius 3 is 2.67 bits per heavy atom. The van der Waals surface area contributed by atoms with Gasteiger partial charge in [0.25, 0.3) is 0 Å². The van der Waals surface area contributed by atoms with Crippen LogP contribution in [0.25, 0.3) is 12.2 Å². The third-order valence-corrected chi connectivity index (χ3v) is 7.11. The van der Waals surface area contributed by atoms with Crippen molar-refractivity contribution in [2.75, 3.05) is 37.8 Å². The van der Waals surface area contributed by atoms with Crippen molar-refractivity contribution < 1.29 is 0 Å². The smallest absolute Gasteiger partial charge is 0.0894 e. The first-order valence-electron chi connectivity index (χ1n) is 11.5. The van der Waals surface area contributed by atoms with Crippen LogP contribution in [-0.4, -0.2) is 55.1 Å². The average Bonchev–Trinajstić information content (AvgIpc) is 2.81. The van der Waals surface area contributed by atoms with E-state index in [-0.39, 0.29) is 0 Å². The number of thioether (sulfide) groups is 1. The quantitative estimate of drug-likeness (QED) is 0.235. The summed E-state index contributed by atoms with van der Waals surface area (Å²) >= 11 is 2.03. The van der Waals surface area contributed by atoms with Crippen LogP contribution in [0.15, 0.2) is 63.6 Å². The van der Waals surface area contributed by atoms with Gasteiger partial charge < -0.3 is 4.90 Å². The zero-order chi connectivity index (χ0) is 24.2. The number of allylic oxidation sites excluding steroid dienone is 3. The maximum atomic E-state index is 4.85. The third kappa shape index (κ3) is 8.41. The minimum absolute atomic E-state index is 0.459. The van der Waals surface area contributed by atoms with Gasteiger partial charge in [0.15, 0.2) is 0 Å². The van der Waals surface area contributed by atoms with Gasteiger partial charge in [-0.05, 0) is 49.1 Å². The summed E-state index contributed by atoms with van der Waals surface area (Å²) in [7, 11) is 2.74. The van der Waals surface area contributed by atoms with Crippen molar-refractivity contribution in [3.8, 4) is 0 Å². The molecule has 1 unspecified atom stereocenters. The molecule has 1 saturated heterocycles. The Balaban J connectivity index is 2.14. The van der Waals surface area contributed by atoms with E-state index in [2.05, 4.69) is 102 Å². The van der Waals surface area contributed by atoms with Crippen LogP contribution in [0.2, 0.25) is 0 Å². The Morgan fingerprint density at radius 1 is 1.30 bits per heavy atom. The van der Waals surface area contributed by atoms with Crippen LogP contribution in [0.3, 0.4) is 0 Å². The lowest BCUT2D eigenvalue weighted by atomic mass is 9.98. The van der Waals surface area contributed by atoms with Gasteiger partial charge in [-0.2, -0.15) is 11.8 Å².